The van der Waals surface area contributed by atoms with Gasteiger partial charge in [0.25, 0.3) is 0 Å². The Balaban J connectivity index is 2.21. The van der Waals surface area contributed by atoms with Gasteiger partial charge in [0.1, 0.15) is 17.2 Å². The molecule has 124 valence electrons. The van der Waals surface area contributed by atoms with Crippen LogP contribution in [0.4, 0.5) is 5.69 Å². The molecule has 0 saturated heterocycles. The second-order valence-electron chi connectivity index (χ2n) is 5.98. The van der Waals surface area contributed by atoms with Gasteiger partial charge in [-0.25, -0.2) is 5.43 Å². The average molecular weight is 347 g/mol. The summed E-state index contributed by atoms with van der Waals surface area (Å²) in [6.07, 6.45) is 0. The standard InChI is InChI=1S/C16H15ClN4O3/c1-16(2,3)13-8-11(21-24-13)14(23)15(18-4)20-19-9-5-6-12(22)10(17)7-9/h5-8,19,22H,1-3H3/b20-15-. The summed E-state index contributed by atoms with van der Waals surface area (Å²) in [4.78, 5) is 15.4. The molecule has 0 bridgehead atoms. The highest BCUT2D eigenvalue weighted by Crippen LogP contribution is 2.26. The fraction of sp³-hybridized carbons (Fsp3) is 0.250. The number of hydrogen-bond donors (Lipinski definition) is 2. The van der Waals surface area contributed by atoms with Crippen molar-refractivity contribution >= 4 is 28.9 Å². The smallest absolute Gasteiger partial charge is 0.343 e. The molecule has 2 rings (SSSR count). The summed E-state index contributed by atoms with van der Waals surface area (Å²) < 4.78 is 5.14. The van der Waals surface area contributed by atoms with Crippen molar-refractivity contribution in [3.8, 4) is 5.75 Å². The first kappa shape index (κ1) is 17.5. The number of phenolic OH excluding ortho intramolecular Hbond substituents is 1. The molecule has 1 aromatic carbocycles. The number of Topliss-reactive ketones (excluding diaryl/α,β-unsaturated/α-hetero) is 1. The number of ketones is 1. The number of nitrogens with one attached hydrogen (secondary N) is 1. The van der Waals surface area contributed by atoms with Crippen molar-refractivity contribution in [2.75, 3.05) is 5.43 Å². The van der Waals surface area contributed by atoms with Gasteiger partial charge in [-0.2, -0.15) is 0 Å². The molecule has 0 fully saturated rings. The summed E-state index contributed by atoms with van der Waals surface area (Å²) in [5.74, 6) is -0.590. The van der Waals surface area contributed by atoms with Crippen molar-refractivity contribution in [2.24, 2.45) is 5.10 Å². The molecule has 0 aliphatic carbocycles. The van der Waals surface area contributed by atoms with E-state index in [1.54, 1.807) is 0 Å². The molecule has 0 unspecified atom stereocenters. The Kier molecular flexibility index (Phi) is 4.90. The van der Waals surface area contributed by atoms with Gasteiger partial charge in [0.05, 0.1) is 10.7 Å². The van der Waals surface area contributed by atoms with Gasteiger partial charge in [0.15, 0.2) is 0 Å². The molecule has 0 saturated carbocycles. The SMILES string of the molecule is [C-]#[N+]/C(=N\Nc1ccc(O)c(Cl)c1)C(=O)c1cc(C(C)(C)C)on1. The Bertz CT molecular complexity index is 844. The monoisotopic (exact) mass is 346 g/mol. The number of carbonyl (C=O) groups excluding carboxylic acids is 1. The van der Waals surface area contributed by atoms with E-state index in [9.17, 15) is 9.90 Å². The molecule has 7 nitrogen and oxygen atoms in total. The van der Waals surface area contributed by atoms with Crippen molar-refractivity contribution in [3.63, 3.8) is 0 Å². The third-order valence-electron chi connectivity index (χ3n) is 3.03. The second-order valence-corrected chi connectivity index (χ2v) is 6.39. The maximum Gasteiger partial charge on any atom is 0.343 e. The van der Waals surface area contributed by atoms with E-state index in [1.165, 1.54) is 24.3 Å². The third kappa shape index (κ3) is 3.91. The van der Waals surface area contributed by atoms with Gasteiger partial charge in [0.2, 0.25) is 5.78 Å². The third-order valence-corrected chi connectivity index (χ3v) is 3.33. The number of rotatable bonds is 4. The number of hydrogen-bond acceptors (Lipinski definition) is 6. The van der Waals surface area contributed by atoms with E-state index in [4.69, 9.17) is 22.7 Å². The molecule has 8 heteroatoms. The Labute approximate surface area is 143 Å². The van der Waals surface area contributed by atoms with Crippen LogP contribution in [0.5, 0.6) is 5.75 Å². The predicted octanol–water partition coefficient (Wildman–Crippen LogP) is 3.86. The molecule has 0 radical (unpaired) electrons. The lowest BCUT2D eigenvalue weighted by atomic mass is 9.93. The number of nitrogens with zero attached hydrogens (tertiary/aromatic N) is 3. The number of phenols is 1. The summed E-state index contributed by atoms with van der Waals surface area (Å²) in [6.45, 7) is 12.9. The number of amidine groups is 1. The lowest BCUT2D eigenvalue weighted by Crippen LogP contribution is -2.13. The Morgan fingerprint density at radius 2 is 2.12 bits per heavy atom. The van der Waals surface area contributed by atoms with Crippen LogP contribution in [-0.4, -0.2) is 21.9 Å². The second kappa shape index (κ2) is 6.72. The van der Waals surface area contributed by atoms with Gasteiger partial charge in [-0.15, -0.1) is 0 Å². The largest absolute Gasteiger partial charge is 0.506 e. The number of carbonyl (C=O) groups is 1. The van der Waals surface area contributed by atoms with Crippen molar-refractivity contribution in [1.29, 1.82) is 0 Å². The van der Waals surface area contributed by atoms with E-state index < -0.39 is 11.6 Å². The van der Waals surface area contributed by atoms with E-state index in [2.05, 4.69) is 20.5 Å². The molecular formula is C16H15ClN4O3. The minimum absolute atomic E-state index is 0.0141. The quantitative estimate of drug-likeness (QED) is 0.219. The Morgan fingerprint density at radius 1 is 1.42 bits per heavy atom. The maximum atomic E-state index is 12.3. The van der Waals surface area contributed by atoms with E-state index >= 15 is 0 Å². The molecule has 0 aliphatic rings. The molecule has 2 N–H and O–H groups in total. The van der Waals surface area contributed by atoms with Crippen LogP contribution in [0.15, 0.2) is 33.9 Å². The topological polar surface area (TPSA) is 92.1 Å². The molecule has 24 heavy (non-hydrogen) atoms. The van der Waals surface area contributed by atoms with Gasteiger partial charge in [0, 0.05) is 11.5 Å². The molecule has 2 aromatic rings. The summed E-state index contributed by atoms with van der Waals surface area (Å²) >= 11 is 5.78. The van der Waals surface area contributed by atoms with Gasteiger partial charge in [-0.05, 0) is 23.3 Å². The van der Waals surface area contributed by atoms with E-state index in [0.717, 1.165) is 0 Å². The van der Waals surface area contributed by atoms with E-state index in [1.807, 2.05) is 20.8 Å². The minimum Gasteiger partial charge on any atom is -0.506 e. The lowest BCUT2D eigenvalue weighted by Gasteiger charge is -2.11. The fourth-order valence-corrected chi connectivity index (χ4v) is 1.85. The van der Waals surface area contributed by atoms with Gasteiger partial charge < -0.3 is 14.5 Å². The zero-order valence-corrected chi connectivity index (χ0v) is 14.0. The minimum atomic E-state index is -0.651. The fourth-order valence-electron chi connectivity index (χ4n) is 1.67. The van der Waals surface area contributed by atoms with Crippen LogP contribution >= 0.6 is 11.6 Å². The van der Waals surface area contributed by atoms with Crippen LogP contribution in [0.1, 0.15) is 37.0 Å². The van der Waals surface area contributed by atoms with Crippen LogP contribution in [0.25, 0.3) is 4.85 Å². The van der Waals surface area contributed by atoms with E-state index in [0.29, 0.717) is 11.4 Å². The highest BCUT2D eigenvalue weighted by molar-refractivity contribution is 6.48. The summed E-state index contributed by atoms with van der Waals surface area (Å²) in [5.41, 5.74) is 2.68. The normalized spacial score (nSPS) is 11.9. The maximum absolute atomic E-state index is 12.3. The summed E-state index contributed by atoms with van der Waals surface area (Å²) in [6, 6.07) is 5.79. The van der Waals surface area contributed by atoms with Crippen LogP contribution in [-0.2, 0) is 5.41 Å². The summed E-state index contributed by atoms with van der Waals surface area (Å²) in [5, 5.41) is 17.0. The van der Waals surface area contributed by atoms with Crippen molar-refractivity contribution < 1.29 is 14.4 Å². The number of anilines is 1. The molecular weight excluding hydrogens is 332 g/mol. The molecule has 0 amide bonds. The number of aromatic hydroxyl groups is 1. The van der Waals surface area contributed by atoms with Gasteiger partial charge in [-0.3, -0.25) is 4.79 Å². The van der Waals surface area contributed by atoms with Crippen LogP contribution < -0.4 is 5.43 Å². The van der Waals surface area contributed by atoms with Crippen LogP contribution in [0.2, 0.25) is 5.02 Å². The zero-order valence-electron chi connectivity index (χ0n) is 13.3. The average Bonchev–Trinajstić information content (AvgIpc) is 3.01. The first-order valence-electron chi connectivity index (χ1n) is 6.94. The molecule has 0 spiro atoms. The van der Waals surface area contributed by atoms with Crippen molar-refractivity contribution in [2.45, 2.75) is 26.2 Å². The number of hydrazone groups is 1. The zero-order chi connectivity index (χ0) is 17.9. The lowest BCUT2D eigenvalue weighted by molar-refractivity contribution is 0.105. The van der Waals surface area contributed by atoms with Gasteiger partial charge in [-0.1, -0.05) is 44.1 Å². The summed E-state index contributed by atoms with van der Waals surface area (Å²) in [7, 11) is 0. The number of halogens is 1. The molecule has 0 atom stereocenters. The first-order chi connectivity index (χ1) is 11.2. The highest BCUT2D eigenvalue weighted by atomic mass is 35.5. The molecule has 1 heterocycles. The van der Waals surface area contributed by atoms with Crippen LogP contribution in [0.3, 0.4) is 0 Å². The van der Waals surface area contributed by atoms with E-state index in [-0.39, 0.29) is 21.9 Å². The number of aromatic nitrogens is 1. The van der Waals surface area contributed by atoms with Crippen molar-refractivity contribution in [3.05, 3.63) is 52.2 Å². The highest BCUT2D eigenvalue weighted by Gasteiger charge is 2.24. The molecule has 0 aliphatic heterocycles. The Hall–Kier alpha value is -2.85. The Morgan fingerprint density at radius 3 is 2.67 bits per heavy atom. The predicted molar refractivity (Wildman–Crippen MR) is 90.3 cm³/mol. The van der Waals surface area contributed by atoms with Crippen LogP contribution in [0, 0.1) is 6.57 Å². The van der Waals surface area contributed by atoms with Gasteiger partial charge >= 0.3 is 5.84 Å². The van der Waals surface area contributed by atoms with Crippen molar-refractivity contribution in [1.82, 2.24) is 5.16 Å². The number of benzene rings is 1. The molecule has 1 aromatic heterocycles. The first-order valence-corrected chi connectivity index (χ1v) is 7.31.